The third-order valence-electron chi connectivity index (χ3n) is 6.36. The summed E-state index contributed by atoms with van der Waals surface area (Å²) >= 11 is 0. The van der Waals surface area contributed by atoms with Gasteiger partial charge in [0.2, 0.25) is 0 Å². The number of fused-ring (bicyclic) bond motifs is 1. The number of piperazine rings is 1. The molecule has 0 atom stereocenters. The van der Waals surface area contributed by atoms with Crippen molar-refractivity contribution in [2.24, 2.45) is 0 Å². The minimum absolute atomic E-state index is 0.619. The Morgan fingerprint density at radius 3 is 2.50 bits per heavy atom. The molecule has 28 heavy (non-hydrogen) atoms. The van der Waals surface area contributed by atoms with Gasteiger partial charge in [0, 0.05) is 58.0 Å². The summed E-state index contributed by atoms with van der Waals surface area (Å²) in [5.74, 6) is 0. The van der Waals surface area contributed by atoms with Crippen molar-refractivity contribution in [2.45, 2.75) is 25.0 Å². The Kier molecular flexibility index (Phi) is 5.87. The molecule has 2 aliphatic heterocycles. The van der Waals surface area contributed by atoms with Crippen LogP contribution in [0.4, 0.5) is 5.69 Å². The number of anilines is 1. The van der Waals surface area contributed by atoms with Gasteiger partial charge in [-0.3, -0.25) is 4.90 Å². The van der Waals surface area contributed by atoms with Crippen LogP contribution in [-0.2, 0) is 6.54 Å². The average molecular weight is 387 g/mol. The van der Waals surface area contributed by atoms with E-state index in [2.05, 4.69) is 61.9 Å². The summed E-state index contributed by atoms with van der Waals surface area (Å²) in [6.07, 6.45) is 3.50. The smallest absolute Gasteiger partial charge is 0.0959 e. The van der Waals surface area contributed by atoms with E-state index in [1.165, 1.54) is 0 Å². The van der Waals surface area contributed by atoms with Crippen LogP contribution in [-0.4, -0.2) is 101 Å². The van der Waals surface area contributed by atoms with Crippen molar-refractivity contribution in [3.05, 3.63) is 24.5 Å². The van der Waals surface area contributed by atoms with Crippen molar-refractivity contribution >= 4 is 16.7 Å². The number of imidazole rings is 1. The molecule has 2 fully saturated rings. The van der Waals surface area contributed by atoms with Gasteiger partial charge in [0.1, 0.15) is 0 Å². The number of piperidine rings is 1. The molecule has 154 valence electrons. The predicted molar refractivity (Wildman–Crippen MR) is 114 cm³/mol. The number of hydrogen-bond acceptors (Lipinski definition) is 6. The molecule has 0 radical (unpaired) electrons. The molecule has 0 aliphatic carbocycles. The lowest BCUT2D eigenvalue weighted by Crippen LogP contribution is -2.45. The number of likely N-dealkylation sites (tertiary alicyclic amines) is 1. The van der Waals surface area contributed by atoms with Gasteiger partial charge in [-0.15, -0.1) is 0 Å². The summed E-state index contributed by atoms with van der Waals surface area (Å²) in [4.78, 5) is 11.8. The van der Waals surface area contributed by atoms with Crippen LogP contribution in [0.25, 0.3) is 11.0 Å². The fraction of sp³-hybridized carbons (Fsp3) is 0.667. The van der Waals surface area contributed by atoms with Gasteiger partial charge in [-0.25, -0.2) is 4.98 Å². The van der Waals surface area contributed by atoms with Crippen LogP contribution in [0.3, 0.4) is 0 Å². The van der Waals surface area contributed by atoms with Gasteiger partial charge in [0.15, 0.2) is 0 Å². The molecule has 2 N–H and O–H groups in total. The second kappa shape index (κ2) is 8.37. The summed E-state index contributed by atoms with van der Waals surface area (Å²) in [6.45, 7) is 9.16. The van der Waals surface area contributed by atoms with E-state index in [9.17, 15) is 5.11 Å². The van der Waals surface area contributed by atoms with Crippen LogP contribution in [0.1, 0.15) is 12.8 Å². The third-order valence-corrected chi connectivity index (χ3v) is 6.36. The normalized spacial score (nSPS) is 22.0. The van der Waals surface area contributed by atoms with Gasteiger partial charge in [-0.1, -0.05) is 0 Å². The van der Waals surface area contributed by atoms with E-state index in [4.69, 9.17) is 0 Å². The second-order valence-electron chi connectivity index (χ2n) is 8.68. The lowest BCUT2D eigenvalue weighted by molar-refractivity contribution is -0.0283. The highest BCUT2D eigenvalue weighted by atomic mass is 16.3. The van der Waals surface area contributed by atoms with Gasteiger partial charge in [-0.2, -0.15) is 0 Å². The molecule has 7 nitrogen and oxygen atoms in total. The van der Waals surface area contributed by atoms with Gasteiger partial charge in [0.05, 0.1) is 29.5 Å². The van der Waals surface area contributed by atoms with E-state index in [0.29, 0.717) is 6.54 Å². The molecule has 0 saturated carbocycles. The topological polar surface area (TPSA) is 59.8 Å². The molecule has 0 spiro atoms. The summed E-state index contributed by atoms with van der Waals surface area (Å²) in [5, 5.41) is 14.5. The highest BCUT2D eigenvalue weighted by Gasteiger charge is 2.31. The molecule has 3 heterocycles. The van der Waals surface area contributed by atoms with Crippen molar-refractivity contribution in [2.75, 3.05) is 71.8 Å². The monoisotopic (exact) mass is 386 g/mol. The molecule has 2 aromatic rings. The lowest BCUT2D eigenvalue weighted by atomic mass is 9.91. The quantitative estimate of drug-likeness (QED) is 0.777. The Morgan fingerprint density at radius 2 is 1.75 bits per heavy atom. The molecule has 7 heteroatoms. The largest absolute Gasteiger partial charge is 0.388 e. The fourth-order valence-electron chi connectivity index (χ4n) is 4.24. The molecular weight excluding hydrogens is 352 g/mol. The van der Waals surface area contributed by atoms with E-state index >= 15 is 0 Å². The van der Waals surface area contributed by atoms with Crippen LogP contribution >= 0.6 is 0 Å². The van der Waals surface area contributed by atoms with Crippen molar-refractivity contribution in [3.63, 3.8) is 0 Å². The number of benzene rings is 1. The van der Waals surface area contributed by atoms with Crippen LogP contribution in [0.5, 0.6) is 0 Å². The van der Waals surface area contributed by atoms with Crippen molar-refractivity contribution in [1.82, 2.24) is 24.3 Å². The summed E-state index contributed by atoms with van der Waals surface area (Å²) < 4.78 is 2.11. The Bertz CT molecular complexity index is 774. The van der Waals surface area contributed by atoms with Crippen molar-refractivity contribution in [1.29, 1.82) is 0 Å². The summed E-state index contributed by atoms with van der Waals surface area (Å²) in [6, 6.07) is 6.37. The molecule has 1 aromatic carbocycles. The Morgan fingerprint density at radius 1 is 1.04 bits per heavy atom. The maximum absolute atomic E-state index is 10.9. The standard InChI is InChI=1S/C21H34N6O/c1-24-8-5-21(28,6-9-24)16-27-17-23-19-15-18(3-4-20(19)27)22-7-10-26-13-11-25(2)12-14-26/h3-4,15,17,22,28H,5-14,16H2,1-2H3. The van der Waals surface area contributed by atoms with Gasteiger partial charge in [-0.05, 0) is 45.1 Å². The zero-order valence-corrected chi connectivity index (χ0v) is 17.3. The maximum Gasteiger partial charge on any atom is 0.0959 e. The van der Waals surface area contributed by atoms with Gasteiger partial charge in [0.25, 0.3) is 0 Å². The third kappa shape index (κ3) is 4.66. The second-order valence-corrected chi connectivity index (χ2v) is 8.68. The van der Waals surface area contributed by atoms with Gasteiger partial charge < -0.3 is 24.8 Å². The number of likely N-dealkylation sites (N-methyl/N-ethyl adjacent to an activating group) is 1. The number of nitrogens with one attached hydrogen (secondary N) is 1. The first-order valence-electron chi connectivity index (χ1n) is 10.5. The molecule has 0 amide bonds. The number of aromatic nitrogens is 2. The van der Waals surface area contributed by atoms with Crippen LogP contribution < -0.4 is 5.32 Å². The Hall–Kier alpha value is -1.67. The Labute approximate surface area is 167 Å². The summed E-state index contributed by atoms with van der Waals surface area (Å²) in [7, 11) is 4.31. The number of rotatable bonds is 6. The van der Waals surface area contributed by atoms with Crippen LogP contribution in [0.2, 0.25) is 0 Å². The molecule has 2 saturated heterocycles. The molecular formula is C21H34N6O. The van der Waals surface area contributed by atoms with Gasteiger partial charge >= 0.3 is 0 Å². The van der Waals surface area contributed by atoms with Crippen molar-refractivity contribution in [3.8, 4) is 0 Å². The number of nitrogens with zero attached hydrogens (tertiary/aromatic N) is 5. The SMILES string of the molecule is CN1CCN(CCNc2ccc3c(c2)ncn3CC2(O)CCN(C)CC2)CC1. The molecule has 0 unspecified atom stereocenters. The summed E-state index contributed by atoms with van der Waals surface area (Å²) in [5.41, 5.74) is 2.57. The molecule has 4 rings (SSSR count). The lowest BCUT2D eigenvalue weighted by Gasteiger charge is -2.36. The molecule has 0 bridgehead atoms. The molecule has 1 aromatic heterocycles. The van der Waals surface area contributed by atoms with E-state index in [-0.39, 0.29) is 0 Å². The first-order chi connectivity index (χ1) is 13.5. The number of hydrogen-bond donors (Lipinski definition) is 2. The number of aliphatic hydroxyl groups is 1. The minimum Gasteiger partial charge on any atom is -0.388 e. The van der Waals surface area contributed by atoms with E-state index in [0.717, 1.165) is 81.9 Å². The van der Waals surface area contributed by atoms with Crippen LogP contribution in [0, 0.1) is 0 Å². The first-order valence-corrected chi connectivity index (χ1v) is 10.5. The first kappa shape index (κ1) is 19.6. The van der Waals surface area contributed by atoms with E-state index in [1.54, 1.807) is 0 Å². The Balaban J connectivity index is 1.34. The maximum atomic E-state index is 10.9. The fourth-order valence-corrected chi connectivity index (χ4v) is 4.24. The highest BCUT2D eigenvalue weighted by molar-refractivity contribution is 5.79. The zero-order chi connectivity index (χ0) is 19.6. The van der Waals surface area contributed by atoms with E-state index < -0.39 is 5.60 Å². The van der Waals surface area contributed by atoms with Crippen LogP contribution in [0.15, 0.2) is 24.5 Å². The highest BCUT2D eigenvalue weighted by Crippen LogP contribution is 2.26. The molecule has 2 aliphatic rings. The average Bonchev–Trinajstić information content (AvgIpc) is 3.08. The van der Waals surface area contributed by atoms with Crippen molar-refractivity contribution < 1.29 is 5.11 Å². The minimum atomic E-state index is -0.625. The zero-order valence-electron chi connectivity index (χ0n) is 17.3. The van der Waals surface area contributed by atoms with E-state index in [1.807, 2.05) is 6.33 Å². The predicted octanol–water partition coefficient (Wildman–Crippen LogP) is 1.15.